The fourth-order valence-electron chi connectivity index (χ4n) is 2.26. The van der Waals surface area contributed by atoms with Crippen molar-refractivity contribution in [1.82, 2.24) is 0 Å². The molecule has 1 rings (SSSR count). The van der Waals surface area contributed by atoms with Crippen LogP contribution in [0.3, 0.4) is 0 Å². The molecule has 0 aromatic heterocycles. The molecule has 3 heteroatoms. The van der Waals surface area contributed by atoms with Gasteiger partial charge in [-0.05, 0) is 18.8 Å². The van der Waals surface area contributed by atoms with Gasteiger partial charge in [-0.2, -0.15) is 5.26 Å². The minimum atomic E-state index is -0.800. The van der Waals surface area contributed by atoms with Gasteiger partial charge in [-0.1, -0.05) is 39.5 Å². The van der Waals surface area contributed by atoms with Crippen LogP contribution in [0.1, 0.15) is 52.4 Å². The summed E-state index contributed by atoms with van der Waals surface area (Å²) in [5, 5.41) is 9.28. The lowest BCUT2D eigenvalue weighted by Gasteiger charge is -2.20. The molecule has 1 aliphatic rings. The lowest BCUT2D eigenvalue weighted by atomic mass is 10.0. The molecule has 0 saturated heterocycles. The Bertz CT molecular complexity index is 272. The summed E-state index contributed by atoms with van der Waals surface area (Å²) in [6.07, 6.45) is 6.50. The maximum Gasteiger partial charge on any atom is 0.0668 e. The summed E-state index contributed by atoms with van der Waals surface area (Å²) in [5.41, 5.74) is 0. The van der Waals surface area contributed by atoms with Crippen LogP contribution in [0.5, 0.6) is 0 Å². The lowest BCUT2D eigenvalue weighted by molar-refractivity contribution is 0.553. The summed E-state index contributed by atoms with van der Waals surface area (Å²) in [5.74, 6) is 1.33. The normalized spacial score (nSPS) is 30.1. The van der Waals surface area contributed by atoms with Crippen molar-refractivity contribution in [3.8, 4) is 6.07 Å². The highest BCUT2D eigenvalue weighted by Crippen LogP contribution is 2.27. The fraction of sp³-hybridized carbons (Fsp3) is 0.923. The van der Waals surface area contributed by atoms with Crippen molar-refractivity contribution in [3.05, 3.63) is 0 Å². The Labute approximate surface area is 102 Å². The first-order valence-corrected chi connectivity index (χ1v) is 7.84. The van der Waals surface area contributed by atoms with E-state index < -0.39 is 10.8 Å². The molecular formula is C13H23NOS. The molecule has 16 heavy (non-hydrogen) atoms. The van der Waals surface area contributed by atoms with Gasteiger partial charge in [0, 0.05) is 16.6 Å². The third-order valence-electron chi connectivity index (χ3n) is 3.60. The van der Waals surface area contributed by atoms with Crippen molar-refractivity contribution >= 4 is 10.8 Å². The number of hydrogen-bond donors (Lipinski definition) is 0. The number of rotatable bonds is 4. The summed E-state index contributed by atoms with van der Waals surface area (Å²) in [4.78, 5) is 0. The average molecular weight is 241 g/mol. The van der Waals surface area contributed by atoms with Crippen molar-refractivity contribution in [3.63, 3.8) is 0 Å². The van der Waals surface area contributed by atoms with Crippen LogP contribution < -0.4 is 0 Å². The summed E-state index contributed by atoms with van der Waals surface area (Å²) in [7, 11) is -0.800. The smallest absolute Gasteiger partial charge is 0.0668 e. The van der Waals surface area contributed by atoms with Crippen LogP contribution in [-0.2, 0) is 10.8 Å². The molecule has 0 N–H and O–H groups in total. The van der Waals surface area contributed by atoms with Gasteiger partial charge in [-0.3, -0.25) is 4.21 Å². The van der Waals surface area contributed by atoms with Crippen molar-refractivity contribution in [2.45, 2.75) is 57.6 Å². The number of hydrogen-bond acceptors (Lipinski definition) is 2. The van der Waals surface area contributed by atoms with Crippen LogP contribution >= 0.6 is 0 Å². The second-order valence-electron chi connectivity index (χ2n) is 4.97. The zero-order valence-corrected chi connectivity index (χ0v) is 11.3. The molecule has 0 heterocycles. The molecule has 1 saturated carbocycles. The van der Waals surface area contributed by atoms with Crippen LogP contribution in [0.25, 0.3) is 0 Å². The predicted molar refractivity (Wildman–Crippen MR) is 68.4 cm³/mol. The molecule has 0 spiro atoms. The van der Waals surface area contributed by atoms with Gasteiger partial charge in [0.15, 0.2) is 0 Å². The van der Waals surface area contributed by atoms with Gasteiger partial charge in [0.05, 0.1) is 17.2 Å². The fourth-order valence-corrected chi connectivity index (χ4v) is 4.29. The third-order valence-corrected chi connectivity index (χ3v) is 5.74. The summed E-state index contributed by atoms with van der Waals surface area (Å²) in [6.45, 7) is 4.28. The van der Waals surface area contributed by atoms with Gasteiger partial charge in [-0.15, -0.1) is 0 Å². The van der Waals surface area contributed by atoms with E-state index in [0.29, 0.717) is 5.92 Å². The number of nitrogens with zero attached hydrogens (tertiary/aromatic N) is 1. The summed E-state index contributed by atoms with van der Waals surface area (Å²) >= 11 is 0. The Hall–Kier alpha value is -0.360. The van der Waals surface area contributed by atoms with Gasteiger partial charge >= 0.3 is 0 Å². The molecule has 0 radical (unpaired) electrons. The molecule has 4 unspecified atom stereocenters. The van der Waals surface area contributed by atoms with E-state index >= 15 is 0 Å². The van der Waals surface area contributed by atoms with Gasteiger partial charge in [0.2, 0.25) is 0 Å². The van der Waals surface area contributed by atoms with Crippen molar-refractivity contribution in [2.24, 2.45) is 11.8 Å². The highest BCUT2D eigenvalue weighted by Gasteiger charge is 2.28. The second-order valence-corrected chi connectivity index (χ2v) is 6.67. The predicted octanol–water partition coefficient (Wildman–Crippen LogP) is 3.25. The van der Waals surface area contributed by atoms with Gasteiger partial charge in [0.25, 0.3) is 0 Å². The standard InChI is InChI=1S/C13H23NOS/c1-3-11(2)10-16(15)13-8-6-4-5-7-12(13)9-14/h11-13H,3-8,10H2,1-2H3. The molecule has 1 aliphatic carbocycles. The van der Waals surface area contributed by atoms with Crippen molar-refractivity contribution in [1.29, 1.82) is 5.26 Å². The van der Waals surface area contributed by atoms with Gasteiger partial charge in [0.1, 0.15) is 0 Å². The highest BCUT2D eigenvalue weighted by molar-refractivity contribution is 7.85. The minimum Gasteiger partial charge on any atom is -0.259 e. The van der Waals surface area contributed by atoms with E-state index in [1.807, 2.05) is 0 Å². The zero-order chi connectivity index (χ0) is 12.0. The maximum atomic E-state index is 12.2. The van der Waals surface area contributed by atoms with Crippen LogP contribution in [0.2, 0.25) is 0 Å². The van der Waals surface area contributed by atoms with Crippen LogP contribution in [0, 0.1) is 23.2 Å². The summed E-state index contributed by atoms with van der Waals surface area (Å²) < 4.78 is 12.2. The van der Waals surface area contributed by atoms with Crippen LogP contribution in [0.4, 0.5) is 0 Å². The van der Waals surface area contributed by atoms with Crippen LogP contribution in [0.15, 0.2) is 0 Å². The second kappa shape index (κ2) is 7.06. The molecular weight excluding hydrogens is 218 g/mol. The van der Waals surface area contributed by atoms with Crippen molar-refractivity contribution < 1.29 is 4.21 Å². The van der Waals surface area contributed by atoms with Crippen LogP contribution in [-0.4, -0.2) is 15.2 Å². The van der Waals surface area contributed by atoms with E-state index in [2.05, 4.69) is 19.9 Å². The molecule has 0 amide bonds. The first kappa shape index (κ1) is 13.7. The van der Waals surface area contributed by atoms with Gasteiger partial charge < -0.3 is 0 Å². The molecule has 1 fully saturated rings. The average Bonchev–Trinajstić information content (AvgIpc) is 2.53. The molecule has 0 aromatic carbocycles. The molecule has 4 atom stereocenters. The SMILES string of the molecule is CCC(C)CS(=O)C1CCCCCC1C#N. The van der Waals surface area contributed by atoms with E-state index in [0.717, 1.165) is 37.9 Å². The third kappa shape index (κ3) is 3.90. The van der Waals surface area contributed by atoms with E-state index in [1.165, 1.54) is 6.42 Å². The first-order chi connectivity index (χ1) is 7.69. The van der Waals surface area contributed by atoms with Crippen molar-refractivity contribution in [2.75, 3.05) is 5.75 Å². The van der Waals surface area contributed by atoms with E-state index in [4.69, 9.17) is 5.26 Å². The summed E-state index contributed by atoms with van der Waals surface area (Å²) in [6, 6.07) is 2.37. The molecule has 2 nitrogen and oxygen atoms in total. The van der Waals surface area contributed by atoms with Gasteiger partial charge in [-0.25, -0.2) is 0 Å². The topological polar surface area (TPSA) is 40.9 Å². The lowest BCUT2D eigenvalue weighted by Crippen LogP contribution is -2.27. The number of nitriles is 1. The van der Waals surface area contributed by atoms with E-state index in [1.54, 1.807) is 0 Å². The quantitative estimate of drug-likeness (QED) is 0.709. The molecule has 0 bridgehead atoms. The Morgan fingerprint density at radius 1 is 1.38 bits per heavy atom. The zero-order valence-electron chi connectivity index (χ0n) is 10.4. The Morgan fingerprint density at radius 3 is 2.69 bits per heavy atom. The van der Waals surface area contributed by atoms with E-state index in [9.17, 15) is 4.21 Å². The minimum absolute atomic E-state index is 0.0346. The maximum absolute atomic E-state index is 12.2. The Kier molecular flexibility index (Phi) is 6.05. The molecule has 0 aliphatic heterocycles. The largest absolute Gasteiger partial charge is 0.259 e. The first-order valence-electron chi connectivity index (χ1n) is 6.45. The Balaban J connectivity index is 2.60. The highest BCUT2D eigenvalue weighted by atomic mass is 32.2. The van der Waals surface area contributed by atoms with E-state index in [-0.39, 0.29) is 11.2 Å². The molecule has 0 aromatic rings. The monoisotopic (exact) mass is 241 g/mol. The Morgan fingerprint density at radius 2 is 2.06 bits per heavy atom. The molecule has 92 valence electrons.